The molecular weight excluding hydrogens is 238 g/mol. The van der Waals surface area contributed by atoms with E-state index in [0.717, 1.165) is 6.42 Å². The van der Waals surface area contributed by atoms with E-state index in [2.05, 4.69) is 6.92 Å². The van der Waals surface area contributed by atoms with Gasteiger partial charge in [-0.3, -0.25) is 4.79 Å². The average molecular weight is 254 g/mol. The topological polar surface area (TPSA) is 40.5 Å². The lowest BCUT2D eigenvalue weighted by Gasteiger charge is -2.25. The number of nitrogens with zero attached hydrogens (tertiary/aromatic N) is 1. The predicted molar refractivity (Wildman–Crippen MR) is 67.1 cm³/mol. The molecule has 1 N–H and O–H groups in total. The second-order valence-corrected chi connectivity index (χ2v) is 4.90. The van der Waals surface area contributed by atoms with Gasteiger partial charge in [-0.25, -0.2) is 0 Å². The van der Waals surface area contributed by atoms with Crippen molar-refractivity contribution in [3.8, 4) is 0 Å². The van der Waals surface area contributed by atoms with E-state index >= 15 is 0 Å². The summed E-state index contributed by atoms with van der Waals surface area (Å²) in [5, 5.41) is 9.81. The number of benzene rings is 1. The monoisotopic (exact) mass is 253 g/mol. The Kier molecular flexibility index (Phi) is 3.69. The molecule has 2 atom stereocenters. The fraction of sp³-hybridized carbons (Fsp3) is 0.462. The van der Waals surface area contributed by atoms with Crippen LogP contribution < -0.4 is 0 Å². The first-order valence-electron chi connectivity index (χ1n) is 5.81. The Bertz CT molecular complexity index is 422. The quantitative estimate of drug-likeness (QED) is 0.878. The van der Waals surface area contributed by atoms with E-state index in [-0.39, 0.29) is 18.6 Å². The lowest BCUT2D eigenvalue weighted by molar-refractivity contribution is 0.0648. The van der Waals surface area contributed by atoms with Crippen LogP contribution in [0, 0.1) is 5.92 Å². The Morgan fingerprint density at radius 3 is 2.88 bits per heavy atom. The number of hydrogen-bond donors (Lipinski definition) is 1. The summed E-state index contributed by atoms with van der Waals surface area (Å²) in [6.07, 6.45) is 0.932. The molecule has 17 heavy (non-hydrogen) atoms. The highest BCUT2D eigenvalue weighted by molar-refractivity contribution is 6.33. The summed E-state index contributed by atoms with van der Waals surface area (Å²) in [5.41, 5.74) is 0.515. The zero-order valence-electron chi connectivity index (χ0n) is 9.77. The minimum atomic E-state index is -0.0845. The zero-order chi connectivity index (χ0) is 12.4. The van der Waals surface area contributed by atoms with Gasteiger partial charge < -0.3 is 10.0 Å². The van der Waals surface area contributed by atoms with E-state index in [1.54, 1.807) is 29.2 Å². The van der Waals surface area contributed by atoms with Crippen LogP contribution >= 0.6 is 11.6 Å². The van der Waals surface area contributed by atoms with Crippen molar-refractivity contribution in [2.24, 2.45) is 5.92 Å². The molecule has 0 saturated carbocycles. The average Bonchev–Trinajstić information content (AvgIpc) is 2.70. The number of aliphatic hydroxyl groups is 1. The summed E-state index contributed by atoms with van der Waals surface area (Å²) in [5.74, 6) is 0.255. The van der Waals surface area contributed by atoms with Gasteiger partial charge >= 0.3 is 0 Å². The number of aliphatic hydroxyl groups excluding tert-OH is 1. The Hall–Kier alpha value is -1.06. The maximum Gasteiger partial charge on any atom is 0.255 e. The third-order valence-electron chi connectivity index (χ3n) is 3.43. The van der Waals surface area contributed by atoms with Crippen LogP contribution in [0.15, 0.2) is 24.3 Å². The van der Waals surface area contributed by atoms with Crippen LogP contribution in [0.25, 0.3) is 0 Å². The molecule has 1 aliphatic heterocycles. The second kappa shape index (κ2) is 5.07. The zero-order valence-corrected chi connectivity index (χ0v) is 10.5. The number of carbonyl (C=O) groups is 1. The molecule has 1 aliphatic rings. The first-order chi connectivity index (χ1) is 8.15. The molecular formula is C13H16ClNO2. The maximum atomic E-state index is 12.3. The first kappa shape index (κ1) is 12.4. The standard InChI is InChI=1S/C13H16ClNO2/c1-9-6-7-15(12(9)8-16)13(17)10-4-2-3-5-11(10)14/h2-5,9,12,16H,6-8H2,1H3. The number of carbonyl (C=O) groups excluding carboxylic acids is 1. The minimum absolute atomic E-state index is 0.0113. The molecule has 2 rings (SSSR count). The molecule has 2 unspecified atom stereocenters. The highest BCUT2D eigenvalue weighted by Crippen LogP contribution is 2.27. The molecule has 0 aliphatic carbocycles. The Morgan fingerprint density at radius 1 is 1.53 bits per heavy atom. The highest BCUT2D eigenvalue weighted by Gasteiger charge is 2.34. The van der Waals surface area contributed by atoms with Crippen molar-refractivity contribution >= 4 is 17.5 Å². The Balaban J connectivity index is 2.24. The summed E-state index contributed by atoms with van der Waals surface area (Å²) < 4.78 is 0. The molecule has 1 heterocycles. The van der Waals surface area contributed by atoms with E-state index < -0.39 is 0 Å². The number of rotatable bonds is 2. The molecule has 1 saturated heterocycles. The van der Waals surface area contributed by atoms with E-state index in [4.69, 9.17) is 11.6 Å². The van der Waals surface area contributed by atoms with E-state index in [9.17, 15) is 9.90 Å². The van der Waals surface area contributed by atoms with Crippen LogP contribution in [0.2, 0.25) is 5.02 Å². The number of amides is 1. The number of halogens is 1. The van der Waals surface area contributed by atoms with Crippen LogP contribution in [-0.4, -0.2) is 35.1 Å². The molecule has 0 radical (unpaired) electrons. The Morgan fingerprint density at radius 2 is 2.24 bits per heavy atom. The summed E-state index contributed by atoms with van der Waals surface area (Å²) in [7, 11) is 0. The van der Waals surface area contributed by atoms with Crippen molar-refractivity contribution < 1.29 is 9.90 Å². The molecule has 0 bridgehead atoms. The van der Waals surface area contributed by atoms with Crippen molar-refractivity contribution in [1.82, 2.24) is 4.90 Å². The molecule has 4 heteroatoms. The van der Waals surface area contributed by atoms with Gasteiger partial charge in [-0.05, 0) is 24.5 Å². The fourth-order valence-electron chi connectivity index (χ4n) is 2.33. The van der Waals surface area contributed by atoms with Crippen molar-refractivity contribution in [2.75, 3.05) is 13.2 Å². The molecule has 0 spiro atoms. The third-order valence-corrected chi connectivity index (χ3v) is 3.76. The second-order valence-electron chi connectivity index (χ2n) is 4.49. The molecule has 0 aromatic heterocycles. The molecule has 1 amide bonds. The highest BCUT2D eigenvalue weighted by atomic mass is 35.5. The lowest BCUT2D eigenvalue weighted by atomic mass is 10.0. The molecule has 92 valence electrons. The van der Waals surface area contributed by atoms with E-state index in [1.165, 1.54) is 0 Å². The Labute approximate surface area is 106 Å². The smallest absolute Gasteiger partial charge is 0.255 e. The van der Waals surface area contributed by atoms with Gasteiger partial charge in [0.2, 0.25) is 0 Å². The molecule has 3 nitrogen and oxygen atoms in total. The number of likely N-dealkylation sites (tertiary alicyclic amines) is 1. The summed E-state index contributed by atoms with van der Waals surface area (Å²) >= 11 is 6.01. The number of hydrogen-bond acceptors (Lipinski definition) is 2. The van der Waals surface area contributed by atoms with E-state index in [0.29, 0.717) is 23.0 Å². The SMILES string of the molecule is CC1CCN(C(=O)c2ccccc2Cl)C1CO. The lowest BCUT2D eigenvalue weighted by Crippen LogP contribution is -2.39. The van der Waals surface area contributed by atoms with Gasteiger partial charge in [-0.15, -0.1) is 0 Å². The van der Waals surface area contributed by atoms with Crippen LogP contribution in [0.1, 0.15) is 23.7 Å². The third kappa shape index (κ3) is 2.31. The summed E-state index contributed by atoms with van der Waals surface area (Å²) in [6, 6.07) is 6.95. The van der Waals surface area contributed by atoms with Gasteiger partial charge in [0.15, 0.2) is 0 Å². The summed E-state index contributed by atoms with van der Waals surface area (Å²) in [6.45, 7) is 2.76. The fourth-order valence-corrected chi connectivity index (χ4v) is 2.54. The molecule has 1 aromatic carbocycles. The van der Waals surface area contributed by atoms with Crippen molar-refractivity contribution in [1.29, 1.82) is 0 Å². The normalized spacial score (nSPS) is 24.1. The molecule has 1 aromatic rings. The first-order valence-corrected chi connectivity index (χ1v) is 6.19. The van der Waals surface area contributed by atoms with Gasteiger partial charge in [-0.1, -0.05) is 30.7 Å². The van der Waals surface area contributed by atoms with Gasteiger partial charge in [0.25, 0.3) is 5.91 Å². The van der Waals surface area contributed by atoms with Crippen LogP contribution in [0.5, 0.6) is 0 Å². The van der Waals surface area contributed by atoms with Crippen molar-refractivity contribution in [3.05, 3.63) is 34.9 Å². The van der Waals surface area contributed by atoms with Gasteiger partial charge in [-0.2, -0.15) is 0 Å². The van der Waals surface area contributed by atoms with Crippen LogP contribution in [0.4, 0.5) is 0 Å². The van der Waals surface area contributed by atoms with Crippen LogP contribution in [0.3, 0.4) is 0 Å². The largest absolute Gasteiger partial charge is 0.394 e. The predicted octanol–water partition coefficient (Wildman–Crippen LogP) is 2.18. The minimum Gasteiger partial charge on any atom is -0.394 e. The van der Waals surface area contributed by atoms with E-state index in [1.807, 2.05) is 0 Å². The summed E-state index contributed by atoms with van der Waals surface area (Å²) in [4.78, 5) is 14.0. The van der Waals surface area contributed by atoms with Gasteiger partial charge in [0.1, 0.15) is 0 Å². The van der Waals surface area contributed by atoms with Crippen molar-refractivity contribution in [3.63, 3.8) is 0 Å². The van der Waals surface area contributed by atoms with Crippen LogP contribution in [-0.2, 0) is 0 Å². The van der Waals surface area contributed by atoms with Gasteiger partial charge in [0.05, 0.1) is 23.2 Å². The maximum absolute atomic E-state index is 12.3. The van der Waals surface area contributed by atoms with Gasteiger partial charge in [0, 0.05) is 6.54 Å². The molecule has 1 fully saturated rings. The van der Waals surface area contributed by atoms with Crippen molar-refractivity contribution in [2.45, 2.75) is 19.4 Å².